The first kappa shape index (κ1) is 9.06. The quantitative estimate of drug-likeness (QED) is 0.534. The minimum absolute atomic E-state index is 0.115. The number of aromatic amines is 2. The van der Waals surface area contributed by atoms with E-state index in [1.807, 2.05) is 0 Å². The second kappa shape index (κ2) is 3.01. The average Bonchev–Trinajstić information content (AvgIpc) is 2.18. The lowest BCUT2D eigenvalue weighted by Crippen LogP contribution is -2.23. The Bertz CT molecular complexity index is 656. The summed E-state index contributed by atoms with van der Waals surface area (Å²) in [5.74, 6) is -1.47. The molecule has 76 valence electrons. The first-order valence-electron chi connectivity index (χ1n) is 3.80. The number of rotatable bonds is 1. The molecule has 0 aromatic carbocycles. The molecule has 0 amide bonds. The van der Waals surface area contributed by atoms with E-state index in [1.54, 1.807) is 0 Å². The summed E-state index contributed by atoms with van der Waals surface area (Å²) in [6, 6.07) is 0. The van der Waals surface area contributed by atoms with Gasteiger partial charge in [0, 0.05) is 0 Å². The summed E-state index contributed by atoms with van der Waals surface area (Å²) in [5, 5.41) is 8.60. The molecule has 2 rings (SSSR count). The molecule has 2 aromatic heterocycles. The molecule has 0 spiro atoms. The number of carboxylic acids is 1. The zero-order valence-corrected chi connectivity index (χ0v) is 7.14. The molecule has 0 atom stereocenters. The third-order valence-electron chi connectivity index (χ3n) is 1.71. The van der Waals surface area contributed by atoms with Gasteiger partial charge >= 0.3 is 5.97 Å². The van der Waals surface area contributed by atoms with Gasteiger partial charge in [0.15, 0.2) is 11.2 Å². The summed E-state index contributed by atoms with van der Waals surface area (Å²) in [7, 11) is 0. The van der Waals surface area contributed by atoms with Gasteiger partial charge in [-0.2, -0.15) is 0 Å². The van der Waals surface area contributed by atoms with E-state index in [4.69, 9.17) is 5.11 Å². The smallest absolute Gasteiger partial charge is 0.360 e. The molecule has 0 unspecified atom stereocenters. The van der Waals surface area contributed by atoms with Gasteiger partial charge in [-0.1, -0.05) is 0 Å². The Labute approximate surface area is 80.6 Å². The molecule has 8 nitrogen and oxygen atoms in total. The summed E-state index contributed by atoms with van der Waals surface area (Å²) >= 11 is 0. The van der Waals surface area contributed by atoms with Crippen molar-refractivity contribution in [1.29, 1.82) is 0 Å². The monoisotopic (exact) mass is 208 g/mol. The summed E-state index contributed by atoms with van der Waals surface area (Å²) < 4.78 is 0. The van der Waals surface area contributed by atoms with E-state index in [-0.39, 0.29) is 11.2 Å². The molecule has 8 heteroatoms. The first-order chi connectivity index (χ1) is 7.09. The number of H-pyrrole nitrogens is 2. The van der Waals surface area contributed by atoms with Gasteiger partial charge in [0.2, 0.25) is 5.69 Å². The molecule has 2 heterocycles. The van der Waals surface area contributed by atoms with Gasteiger partial charge in [-0.15, -0.1) is 0 Å². The highest BCUT2D eigenvalue weighted by molar-refractivity contribution is 5.86. The highest BCUT2D eigenvalue weighted by Gasteiger charge is 2.13. The molecule has 0 saturated carbocycles. The lowest BCUT2D eigenvalue weighted by molar-refractivity contribution is 0.0689. The van der Waals surface area contributed by atoms with Crippen molar-refractivity contribution in [3.8, 4) is 0 Å². The molecule has 0 bridgehead atoms. The predicted octanol–water partition coefficient (Wildman–Crippen LogP) is -1.30. The Balaban J connectivity index is 2.95. The fourth-order valence-corrected chi connectivity index (χ4v) is 1.06. The molecular formula is C7H4N4O4. The van der Waals surface area contributed by atoms with Crippen molar-refractivity contribution in [2.45, 2.75) is 0 Å². The molecule has 3 N–H and O–H groups in total. The number of nitrogens with zero attached hydrogens (tertiary/aromatic N) is 2. The minimum atomic E-state index is -1.47. The van der Waals surface area contributed by atoms with Gasteiger partial charge in [0.25, 0.3) is 11.1 Å². The standard InChI is InChI=1S/C7H4N4O4/c12-5-2-4(8-1-9-5)10-3(7(14)15)6(13)11-2/h1H,(H,11,13)(H,14,15)(H,8,9,10,12). The second-order valence-electron chi connectivity index (χ2n) is 2.65. The van der Waals surface area contributed by atoms with Gasteiger partial charge in [-0.05, 0) is 0 Å². The van der Waals surface area contributed by atoms with Crippen LogP contribution in [0.25, 0.3) is 11.2 Å². The van der Waals surface area contributed by atoms with Crippen molar-refractivity contribution < 1.29 is 9.90 Å². The number of carboxylic acid groups (broad SMARTS) is 1. The van der Waals surface area contributed by atoms with Crippen LogP contribution in [0.15, 0.2) is 15.9 Å². The molecule has 15 heavy (non-hydrogen) atoms. The van der Waals surface area contributed by atoms with E-state index in [0.717, 1.165) is 6.33 Å². The van der Waals surface area contributed by atoms with Crippen LogP contribution in [0.5, 0.6) is 0 Å². The van der Waals surface area contributed by atoms with Crippen LogP contribution in [-0.2, 0) is 0 Å². The maximum absolute atomic E-state index is 11.2. The van der Waals surface area contributed by atoms with E-state index < -0.39 is 22.8 Å². The van der Waals surface area contributed by atoms with E-state index in [1.165, 1.54) is 0 Å². The van der Waals surface area contributed by atoms with Gasteiger partial charge < -0.3 is 15.1 Å². The molecule has 0 aliphatic carbocycles. The summed E-state index contributed by atoms with van der Waals surface area (Å²) in [6.07, 6.45) is 1.07. The van der Waals surface area contributed by atoms with Gasteiger partial charge in [-0.3, -0.25) is 9.59 Å². The zero-order valence-electron chi connectivity index (χ0n) is 7.14. The Morgan fingerprint density at radius 1 is 1.33 bits per heavy atom. The van der Waals surface area contributed by atoms with Crippen LogP contribution in [0.1, 0.15) is 10.5 Å². The number of carbonyl (C=O) groups is 1. The molecule has 2 aromatic rings. The van der Waals surface area contributed by atoms with Crippen LogP contribution in [0, 0.1) is 0 Å². The van der Waals surface area contributed by atoms with E-state index in [2.05, 4.69) is 19.9 Å². The Hall–Kier alpha value is -2.51. The number of aromatic carboxylic acids is 1. The topological polar surface area (TPSA) is 129 Å². The number of aromatic nitrogens is 4. The van der Waals surface area contributed by atoms with Crippen LogP contribution in [0.2, 0.25) is 0 Å². The number of hydrogen-bond acceptors (Lipinski definition) is 5. The second-order valence-corrected chi connectivity index (χ2v) is 2.65. The SMILES string of the molecule is O=C(O)c1nc2nc[nH]c(=O)c2[nH]c1=O. The average molecular weight is 208 g/mol. The third kappa shape index (κ3) is 1.37. The number of nitrogens with one attached hydrogen (secondary N) is 2. The van der Waals surface area contributed by atoms with Crippen LogP contribution in [-0.4, -0.2) is 31.0 Å². The summed E-state index contributed by atoms with van der Waals surface area (Å²) in [6.45, 7) is 0. The van der Waals surface area contributed by atoms with E-state index in [9.17, 15) is 14.4 Å². The van der Waals surface area contributed by atoms with Gasteiger partial charge in [0.05, 0.1) is 6.33 Å². The molecule has 0 fully saturated rings. The normalized spacial score (nSPS) is 10.4. The van der Waals surface area contributed by atoms with Crippen LogP contribution < -0.4 is 11.1 Å². The predicted molar refractivity (Wildman–Crippen MR) is 47.7 cm³/mol. The largest absolute Gasteiger partial charge is 0.476 e. The zero-order chi connectivity index (χ0) is 11.0. The van der Waals surface area contributed by atoms with Crippen molar-refractivity contribution in [3.05, 3.63) is 32.7 Å². The lowest BCUT2D eigenvalue weighted by Gasteiger charge is -1.95. The summed E-state index contributed by atoms with van der Waals surface area (Å²) in [5.41, 5.74) is -2.47. The highest BCUT2D eigenvalue weighted by Crippen LogP contribution is 1.95. The maximum Gasteiger partial charge on any atom is 0.360 e. The number of hydrogen-bond donors (Lipinski definition) is 3. The van der Waals surface area contributed by atoms with Crippen LogP contribution in [0.4, 0.5) is 0 Å². The van der Waals surface area contributed by atoms with Crippen molar-refractivity contribution in [1.82, 2.24) is 19.9 Å². The molecule has 0 aliphatic rings. The van der Waals surface area contributed by atoms with Crippen LogP contribution in [0.3, 0.4) is 0 Å². The Morgan fingerprint density at radius 3 is 2.73 bits per heavy atom. The lowest BCUT2D eigenvalue weighted by atomic mass is 10.4. The van der Waals surface area contributed by atoms with E-state index >= 15 is 0 Å². The molecule has 0 radical (unpaired) electrons. The first-order valence-corrected chi connectivity index (χ1v) is 3.80. The van der Waals surface area contributed by atoms with Gasteiger partial charge in [0.1, 0.15) is 0 Å². The maximum atomic E-state index is 11.2. The Morgan fingerprint density at radius 2 is 2.07 bits per heavy atom. The van der Waals surface area contributed by atoms with Crippen molar-refractivity contribution in [2.75, 3.05) is 0 Å². The van der Waals surface area contributed by atoms with E-state index in [0.29, 0.717) is 0 Å². The minimum Gasteiger partial charge on any atom is -0.476 e. The molecule has 0 aliphatic heterocycles. The Kier molecular flexibility index (Phi) is 1.82. The van der Waals surface area contributed by atoms with Crippen molar-refractivity contribution in [2.24, 2.45) is 0 Å². The fourth-order valence-electron chi connectivity index (χ4n) is 1.06. The molecule has 0 saturated heterocycles. The van der Waals surface area contributed by atoms with Gasteiger partial charge in [-0.25, -0.2) is 14.8 Å². The highest BCUT2D eigenvalue weighted by atomic mass is 16.4. The van der Waals surface area contributed by atoms with Crippen LogP contribution >= 0.6 is 0 Å². The summed E-state index contributed by atoms with van der Waals surface area (Å²) in [4.78, 5) is 44.3. The molecular weight excluding hydrogens is 204 g/mol. The van der Waals surface area contributed by atoms with Crippen molar-refractivity contribution >= 4 is 17.1 Å². The van der Waals surface area contributed by atoms with Crippen molar-refractivity contribution in [3.63, 3.8) is 0 Å². The fraction of sp³-hybridized carbons (Fsp3) is 0. The number of fused-ring (bicyclic) bond motifs is 1. The third-order valence-corrected chi connectivity index (χ3v) is 1.71.